The van der Waals surface area contributed by atoms with E-state index in [1.54, 1.807) is 55.6 Å². The highest BCUT2D eigenvalue weighted by molar-refractivity contribution is 5.89. The van der Waals surface area contributed by atoms with Gasteiger partial charge in [0.1, 0.15) is 12.2 Å². The average Bonchev–Trinajstić information content (AvgIpc) is 2.88. The Balaban J connectivity index is 1.85. The minimum atomic E-state index is -0.450. The molecule has 1 aromatic heterocycles. The van der Waals surface area contributed by atoms with Crippen molar-refractivity contribution < 1.29 is 28.2 Å². The van der Waals surface area contributed by atoms with E-state index < -0.39 is 5.97 Å². The van der Waals surface area contributed by atoms with Gasteiger partial charge in [-0.25, -0.2) is 4.79 Å². The predicted molar refractivity (Wildman–Crippen MR) is 133 cm³/mol. The second-order valence-electron chi connectivity index (χ2n) is 8.07. The van der Waals surface area contributed by atoms with E-state index in [-0.39, 0.29) is 23.5 Å². The Hall–Kier alpha value is -4.26. The van der Waals surface area contributed by atoms with E-state index in [1.807, 2.05) is 19.9 Å². The van der Waals surface area contributed by atoms with Crippen molar-refractivity contribution in [2.45, 2.75) is 20.5 Å². The molecule has 0 radical (unpaired) electrons. The molecule has 180 valence electrons. The summed E-state index contributed by atoms with van der Waals surface area (Å²) in [7, 11) is 4.41. The van der Waals surface area contributed by atoms with Crippen molar-refractivity contribution in [1.82, 2.24) is 0 Å². The summed E-state index contributed by atoms with van der Waals surface area (Å²) in [6, 6.07) is 15.7. The average molecular weight is 475 g/mol. The third-order valence-corrected chi connectivity index (χ3v) is 5.84. The van der Waals surface area contributed by atoms with Crippen LogP contribution in [0.4, 0.5) is 0 Å². The molecule has 0 saturated heterocycles. The Bertz CT molecular complexity index is 1470. The molecule has 0 N–H and O–H groups in total. The van der Waals surface area contributed by atoms with Gasteiger partial charge in [0.05, 0.1) is 32.3 Å². The Morgan fingerprint density at radius 3 is 2.34 bits per heavy atom. The van der Waals surface area contributed by atoms with E-state index in [2.05, 4.69) is 0 Å². The maximum atomic E-state index is 13.6. The molecule has 1 heterocycles. The standard InChI is InChI=1S/C28H26O7/c1-16-11-21-23(12-17(16)2)35-26(19-9-10-22(31-3)24(14-19)32-4)27(25(21)29)34-15-18-7-6-8-20(13-18)28(30)33-5/h6-14H,15H2,1-5H3. The van der Waals surface area contributed by atoms with Crippen LogP contribution in [-0.4, -0.2) is 27.3 Å². The molecule has 35 heavy (non-hydrogen) atoms. The summed E-state index contributed by atoms with van der Waals surface area (Å²) in [6.07, 6.45) is 0. The molecule has 0 amide bonds. The van der Waals surface area contributed by atoms with Crippen LogP contribution in [0.25, 0.3) is 22.3 Å². The quantitative estimate of drug-likeness (QED) is 0.329. The van der Waals surface area contributed by atoms with Crippen LogP contribution in [-0.2, 0) is 11.3 Å². The van der Waals surface area contributed by atoms with E-state index in [0.717, 1.165) is 11.1 Å². The number of ether oxygens (including phenoxy) is 4. The minimum Gasteiger partial charge on any atom is -0.493 e. The number of esters is 1. The van der Waals surface area contributed by atoms with Crippen molar-refractivity contribution in [3.05, 3.63) is 87.1 Å². The fraction of sp³-hybridized carbons (Fsp3) is 0.214. The number of rotatable bonds is 7. The molecule has 4 aromatic rings. The molecular formula is C28H26O7. The summed E-state index contributed by atoms with van der Waals surface area (Å²) < 4.78 is 27.9. The first kappa shape index (κ1) is 23.9. The number of methoxy groups -OCH3 is 3. The van der Waals surface area contributed by atoms with Gasteiger partial charge in [-0.15, -0.1) is 0 Å². The second-order valence-corrected chi connectivity index (χ2v) is 8.07. The van der Waals surface area contributed by atoms with Gasteiger partial charge in [-0.3, -0.25) is 4.79 Å². The van der Waals surface area contributed by atoms with E-state index >= 15 is 0 Å². The molecule has 0 fully saturated rings. The summed E-state index contributed by atoms with van der Waals surface area (Å²) >= 11 is 0. The molecule has 7 heteroatoms. The highest BCUT2D eigenvalue weighted by Crippen LogP contribution is 2.37. The molecule has 0 spiro atoms. The van der Waals surface area contributed by atoms with Gasteiger partial charge in [-0.05, 0) is 73.0 Å². The van der Waals surface area contributed by atoms with Crippen LogP contribution in [0.5, 0.6) is 17.2 Å². The third-order valence-electron chi connectivity index (χ3n) is 5.84. The topological polar surface area (TPSA) is 84.2 Å². The fourth-order valence-corrected chi connectivity index (χ4v) is 3.79. The van der Waals surface area contributed by atoms with Crippen LogP contribution in [0, 0.1) is 13.8 Å². The number of hydrogen-bond acceptors (Lipinski definition) is 7. The highest BCUT2D eigenvalue weighted by atomic mass is 16.5. The summed E-state index contributed by atoms with van der Waals surface area (Å²) in [5.41, 5.74) is 3.84. The molecule has 7 nitrogen and oxygen atoms in total. The molecular weight excluding hydrogens is 448 g/mol. The van der Waals surface area contributed by atoms with Crippen LogP contribution in [0.15, 0.2) is 63.8 Å². The maximum absolute atomic E-state index is 13.6. The first-order chi connectivity index (χ1) is 16.9. The van der Waals surface area contributed by atoms with Gasteiger partial charge < -0.3 is 23.4 Å². The Labute approximate surface area is 202 Å². The normalized spacial score (nSPS) is 10.8. The van der Waals surface area contributed by atoms with Crippen molar-refractivity contribution in [3.63, 3.8) is 0 Å². The number of carbonyl (C=O) groups is 1. The summed E-state index contributed by atoms with van der Waals surface area (Å²) in [4.78, 5) is 25.5. The first-order valence-corrected chi connectivity index (χ1v) is 11.0. The van der Waals surface area contributed by atoms with Crippen LogP contribution < -0.4 is 19.6 Å². The van der Waals surface area contributed by atoms with Gasteiger partial charge in [0.2, 0.25) is 11.2 Å². The van der Waals surface area contributed by atoms with Gasteiger partial charge >= 0.3 is 5.97 Å². The number of carbonyl (C=O) groups excluding carboxylic acids is 1. The Morgan fingerprint density at radius 2 is 1.63 bits per heavy atom. The molecule has 0 aliphatic heterocycles. The summed E-state index contributed by atoms with van der Waals surface area (Å²) in [5.74, 6) is 0.929. The smallest absolute Gasteiger partial charge is 0.337 e. The number of hydrogen-bond donors (Lipinski definition) is 0. The van der Waals surface area contributed by atoms with E-state index in [1.165, 1.54) is 14.2 Å². The Morgan fingerprint density at radius 1 is 0.886 bits per heavy atom. The zero-order valence-corrected chi connectivity index (χ0v) is 20.3. The molecule has 0 aliphatic carbocycles. The van der Waals surface area contributed by atoms with E-state index in [0.29, 0.717) is 39.2 Å². The van der Waals surface area contributed by atoms with Crippen LogP contribution in [0.1, 0.15) is 27.0 Å². The summed E-state index contributed by atoms with van der Waals surface area (Å²) in [6.45, 7) is 3.95. The van der Waals surface area contributed by atoms with Crippen molar-refractivity contribution in [2.24, 2.45) is 0 Å². The number of aryl methyl sites for hydroxylation is 2. The zero-order chi connectivity index (χ0) is 25.1. The SMILES string of the molecule is COC(=O)c1cccc(COc2c(-c3ccc(OC)c(OC)c3)oc3cc(C)c(C)cc3c2=O)c1. The lowest BCUT2D eigenvalue weighted by atomic mass is 10.0. The lowest BCUT2D eigenvalue weighted by Gasteiger charge is -2.14. The van der Waals surface area contributed by atoms with Gasteiger partial charge in [-0.2, -0.15) is 0 Å². The van der Waals surface area contributed by atoms with Gasteiger partial charge in [-0.1, -0.05) is 12.1 Å². The van der Waals surface area contributed by atoms with Crippen LogP contribution in [0.3, 0.4) is 0 Å². The summed E-state index contributed by atoms with van der Waals surface area (Å²) in [5, 5.41) is 0.427. The molecule has 0 unspecified atom stereocenters. The van der Waals surface area contributed by atoms with E-state index in [4.69, 9.17) is 23.4 Å². The van der Waals surface area contributed by atoms with Gasteiger partial charge in [0.15, 0.2) is 17.3 Å². The first-order valence-electron chi connectivity index (χ1n) is 11.0. The maximum Gasteiger partial charge on any atom is 0.337 e. The van der Waals surface area contributed by atoms with Crippen molar-refractivity contribution in [1.29, 1.82) is 0 Å². The van der Waals surface area contributed by atoms with Crippen LogP contribution >= 0.6 is 0 Å². The zero-order valence-electron chi connectivity index (χ0n) is 20.3. The Kier molecular flexibility index (Phi) is 6.78. The largest absolute Gasteiger partial charge is 0.493 e. The highest BCUT2D eigenvalue weighted by Gasteiger charge is 2.20. The van der Waals surface area contributed by atoms with Crippen LogP contribution in [0.2, 0.25) is 0 Å². The molecule has 0 bridgehead atoms. The molecule has 0 saturated carbocycles. The van der Waals surface area contributed by atoms with Crippen molar-refractivity contribution in [2.75, 3.05) is 21.3 Å². The minimum absolute atomic E-state index is 0.0479. The molecule has 4 rings (SSSR count). The third kappa shape index (κ3) is 4.71. The lowest BCUT2D eigenvalue weighted by molar-refractivity contribution is 0.0600. The second kappa shape index (κ2) is 9.93. The predicted octanol–water partition coefficient (Wildman–Crippen LogP) is 5.46. The van der Waals surface area contributed by atoms with Crippen molar-refractivity contribution >= 4 is 16.9 Å². The van der Waals surface area contributed by atoms with E-state index in [9.17, 15) is 9.59 Å². The molecule has 0 aliphatic rings. The van der Waals surface area contributed by atoms with Gasteiger partial charge in [0, 0.05) is 5.56 Å². The fourth-order valence-electron chi connectivity index (χ4n) is 3.79. The molecule has 0 atom stereocenters. The lowest BCUT2D eigenvalue weighted by Crippen LogP contribution is -2.11. The monoisotopic (exact) mass is 474 g/mol. The number of fused-ring (bicyclic) bond motifs is 1. The molecule has 3 aromatic carbocycles. The van der Waals surface area contributed by atoms with Gasteiger partial charge in [0.25, 0.3) is 0 Å². The van der Waals surface area contributed by atoms with Crippen molar-refractivity contribution in [3.8, 4) is 28.6 Å². The number of benzene rings is 3.